The maximum Gasteiger partial charge on any atom is 0.170 e. The summed E-state index contributed by atoms with van der Waals surface area (Å²) < 4.78 is 3.37. The van der Waals surface area contributed by atoms with Gasteiger partial charge in [0.05, 0.1) is 17.8 Å². The average molecular weight is 518 g/mol. The fourth-order valence-corrected chi connectivity index (χ4v) is 5.39. The average Bonchev–Trinajstić information content (AvgIpc) is 3.30. The van der Waals surface area contributed by atoms with Gasteiger partial charge in [-0.15, -0.1) is 0 Å². The van der Waals surface area contributed by atoms with Gasteiger partial charge in [-0.05, 0) is 85.7 Å². The van der Waals surface area contributed by atoms with Crippen LogP contribution in [0.25, 0.3) is 5.69 Å². The third-order valence-corrected chi connectivity index (χ3v) is 7.00. The van der Waals surface area contributed by atoms with Crippen molar-refractivity contribution in [3.8, 4) is 5.69 Å². The van der Waals surface area contributed by atoms with Gasteiger partial charge < -0.3 is 14.8 Å². The van der Waals surface area contributed by atoms with E-state index in [1.807, 2.05) is 48.9 Å². The smallest absolute Gasteiger partial charge is 0.170 e. The van der Waals surface area contributed by atoms with Gasteiger partial charge in [-0.25, -0.2) is 0 Å². The van der Waals surface area contributed by atoms with E-state index in [1.54, 1.807) is 0 Å². The van der Waals surface area contributed by atoms with Crippen LogP contribution in [0.4, 0.5) is 0 Å². The lowest BCUT2D eigenvalue weighted by Gasteiger charge is -2.28. The second-order valence-corrected chi connectivity index (χ2v) is 9.55. The predicted molar refractivity (Wildman–Crippen MR) is 138 cm³/mol. The van der Waals surface area contributed by atoms with Gasteiger partial charge >= 0.3 is 0 Å². The number of aryl methyl sites for hydroxylation is 1. The van der Waals surface area contributed by atoms with Crippen LogP contribution in [0.5, 0.6) is 0 Å². The fourth-order valence-electron chi connectivity index (χ4n) is 4.70. The first-order valence-corrected chi connectivity index (χ1v) is 12.0. The highest BCUT2D eigenvalue weighted by molar-refractivity contribution is 9.10. The maximum absolute atomic E-state index is 5.85. The normalized spacial score (nSPS) is 17.9. The van der Waals surface area contributed by atoms with E-state index in [0.29, 0.717) is 6.54 Å². The molecule has 0 bridgehead atoms. The lowest BCUT2D eigenvalue weighted by molar-refractivity contribution is 0.310. The summed E-state index contributed by atoms with van der Waals surface area (Å²) in [5, 5.41) is 4.29. The number of pyridine rings is 2. The van der Waals surface area contributed by atoms with E-state index in [9.17, 15) is 0 Å². The molecule has 0 saturated carbocycles. The summed E-state index contributed by atoms with van der Waals surface area (Å²) >= 11 is 9.46. The van der Waals surface area contributed by atoms with Crippen molar-refractivity contribution >= 4 is 33.3 Å². The molecule has 7 heteroatoms. The zero-order chi connectivity index (χ0) is 22.9. The zero-order valence-electron chi connectivity index (χ0n) is 18.4. The Balaban J connectivity index is 1.62. The molecule has 33 heavy (non-hydrogen) atoms. The minimum absolute atomic E-state index is 0.00710. The van der Waals surface area contributed by atoms with Crippen LogP contribution in [0.3, 0.4) is 0 Å². The topological polar surface area (TPSA) is 46.0 Å². The van der Waals surface area contributed by atoms with E-state index in [2.05, 4.69) is 84.9 Å². The molecule has 4 aromatic rings. The molecule has 166 valence electrons. The SMILES string of the molecule is Cc1cc([C@@H]2[C@@H](c3ccccn3)NC(=S)N2Cc2ccncc2)c(C)n1-c1cccc(Br)c1. The Bertz CT molecular complexity index is 1290. The molecule has 1 fully saturated rings. The van der Waals surface area contributed by atoms with E-state index in [1.165, 1.54) is 22.5 Å². The Labute approximate surface area is 207 Å². The van der Waals surface area contributed by atoms with Crippen molar-refractivity contribution in [2.45, 2.75) is 32.5 Å². The molecule has 3 aromatic heterocycles. The Morgan fingerprint density at radius 2 is 1.82 bits per heavy atom. The summed E-state index contributed by atoms with van der Waals surface area (Å²) in [7, 11) is 0. The summed E-state index contributed by atoms with van der Waals surface area (Å²) in [6.07, 6.45) is 5.49. The van der Waals surface area contributed by atoms with Crippen LogP contribution in [-0.4, -0.2) is 24.5 Å². The molecule has 5 rings (SSSR count). The summed E-state index contributed by atoms with van der Waals surface area (Å²) in [4.78, 5) is 11.1. The summed E-state index contributed by atoms with van der Waals surface area (Å²) in [6, 6.07) is 20.8. The molecule has 0 aliphatic carbocycles. The third-order valence-electron chi connectivity index (χ3n) is 6.16. The Morgan fingerprint density at radius 3 is 2.55 bits per heavy atom. The predicted octanol–water partition coefficient (Wildman–Crippen LogP) is 5.82. The molecule has 5 nitrogen and oxygen atoms in total. The van der Waals surface area contributed by atoms with E-state index in [4.69, 9.17) is 12.2 Å². The molecule has 0 amide bonds. The number of hydrogen-bond acceptors (Lipinski definition) is 3. The van der Waals surface area contributed by atoms with Crippen LogP contribution in [0.1, 0.15) is 40.3 Å². The van der Waals surface area contributed by atoms with Crippen LogP contribution in [0, 0.1) is 13.8 Å². The van der Waals surface area contributed by atoms with Crippen molar-refractivity contribution in [1.29, 1.82) is 0 Å². The van der Waals surface area contributed by atoms with Crippen LogP contribution < -0.4 is 5.32 Å². The lowest BCUT2D eigenvalue weighted by atomic mass is 9.96. The Kier molecular flexibility index (Phi) is 6.00. The quantitative estimate of drug-likeness (QED) is 0.338. The van der Waals surface area contributed by atoms with Crippen molar-refractivity contribution < 1.29 is 0 Å². The number of benzene rings is 1. The molecule has 0 radical (unpaired) electrons. The number of halogens is 1. The van der Waals surface area contributed by atoms with Crippen molar-refractivity contribution in [2.75, 3.05) is 0 Å². The van der Waals surface area contributed by atoms with Crippen molar-refractivity contribution in [3.05, 3.63) is 112 Å². The second kappa shape index (κ2) is 9.08. The van der Waals surface area contributed by atoms with Crippen molar-refractivity contribution in [1.82, 2.24) is 24.8 Å². The highest BCUT2D eigenvalue weighted by atomic mass is 79.9. The number of thiocarbonyl (C=S) groups is 1. The molecule has 1 aliphatic rings. The fraction of sp³-hybridized carbons (Fsp3) is 0.192. The molecular formula is C26H24BrN5S. The molecule has 4 heterocycles. The molecule has 0 spiro atoms. The van der Waals surface area contributed by atoms with E-state index >= 15 is 0 Å². The van der Waals surface area contributed by atoms with Crippen molar-refractivity contribution in [2.24, 2.45) is 0 Å². The van der Waals surface area contributed by atoms with Crippen LogP contribution >= 0.6 is 28.1 Å². The van der Waals surface area contributed by atoms with E-state index in [-0.39, 0.29) is 12.1 Å². The van der Waals surface area contributed by atoms with Gasteiger partial charge in [0.2, 0.25) is 0 Å². The number of nitrogens with zero attached hydrogens (tertiary/aromatic N) is 4. The Hall–Kier alpha value is -3.03. The molecule has 1 saturated heterocycles. The van der Waals surface area contributed by atoms with Crippen molar-refractivity contribution in [3.63, 3.8) is 0 Å². The maximum atomic E-state index is 5.85. The standard InChI is InChI=1S/C26H24BrN5S/c1-17-14-22(18(2)32(17)21-7-5-6-20(27)15-21)25-24(23-8-3-4-11-29-23)30-26(33)31(25)16-19-9-12-28-13-10-19/h3-15,24-25H,16H2,1-2H3,(H,30,33)/t24-,25-/m1/s1. The number of rotatable bonds is 5. The number of nitrogens with one attached hydrogen (secondary N) is 1. The minimum Gasteiger partial charge on any atom is -0.352 e. The Morgan fingerprint density at radius 1 is 1.00 bits per heavy atom. The second-order valence-electron chi connectivity index (χ2n) is 8.25. The van der Waals surface area contributed by atoms with Crippen LogP contribution in [0.2, 0.25) is 0 Å². The molecule has 1 N–H and O–H groups in total. The molecule has 1 aromatic carbocycles. The van der Waals surface area contributed by atoms with Crippen LogP contribution in [-0.2, 0) is 6.54 Å². The largest absolute Gasteiger partial charge is 0.352 e. The van der Waals surface area contributed by atoms with Gasteiger partial charge in [0.15, 0.2) is 5.11 Å². The monoisotopic (exact) mass is 517 g/mol. The number of hydrogen-bond donors (Lipinski definition) is 1. The van der Waals surface area contributed by atoms with Crippen LogP contribution in [0.15, 0.2) is 83.7 Å². The van der Waals surface area contributed by atoms with Gasteiger partial charge in [-0.2, -0.15) is 0 Å². The molecule has 1 aliphatic heterocycles. The van der Waals surface area contributed by atoms with Gasteiger partial charge in [0.1, 0.15) is 0 Å². The molecule has 0 unspecified atom stereocenters. The molecular weight excluding hydrogens is 494 g/mol. The lowest BCUT2D eigenvalue weighted by Crippen LogP contribution is -2.29. The number of aromatic nitrogens is 3. The molecule has 2 atom stereocenters. The summed E-state index contributed by atoms with van der Waals surface area (Å²) in [5.41, 5.74) is 6.90. The zero-order valence-corrected chi connectivity index (χ0v) is 20.8. The first kappa shape index (κ1) is 21.8. The highest BCUT2D eigenvalue weighted by Crippen LogP contribution is 2.42. The third kappa shape index (κ3) is 4.18. The van der Waals surface area contributed by atoms with E-state index in [0.717, 1.165) is 21.0 Å². The first-order chi connectivity index (χ1) is 16.0. The first-order valence-electron chi connectivity index (χ1n) is 10.8. The van der Waals surface area contributed by atoms with E-state index < -0.39 is 0 Å². The van der Waals surface area contributed by atoms with Gasteiger partial charge in [0, 0.05) is 46.7 Å². The summed E-state index contributed by atoms with van der Waals surface area (Å²) in [5.74, 6) is 0. The summed E-state index contributed by atoms with van der Waals surface area (Å²) in [6.45, 7) is 5.04. The minimum atomic E-state index is -0.0444. The van der Waals surface area contributed by atoms with Gasteiger partial charge in [0.25, 0.3) is 0 Å². The van der Waals surface area contributed by atoms with Gasteiger partial charge in [-0.1, -0.05) is 28.1 Å². The highest BCUT2D eigenvalue weighted by Gasteiger charge is 2.41. The van der Waals surface area contributed by atoms with Gasteiger partial charge in [-0.3, -0.25) is 9.97 Å².